The summed E-state index contributed by atoms with van der Waals surface area (Å²) in [5, 5.41) is 15.6. The first-order valence-electron chi connectivity index (χ1n) is 11.6. The van der Waals surface area contributed by atoms with E-state index in [1.165, 1.54) is 23.1 Å². The highest BCUT2D eigenvalue weighted by atomic mass is 32.2. The highest BCUT2D eigenvalue weighted by Gasteiger charge is 2.20. The second-order valence-corrected chi connectivity index (χ2v) is 10.4. The zero-order valence-electron chi connectivity index (χ0n) is 20.6. The minimum atomic E-state index is -0.344. The molecule has 0 aliphatic carbocycles. The molecule has 0 saturated heterocycles. The van der Waals surface area contributed by atoms with Crippen LogP contribution >= 0.6 is 23.1 Å². The lowest BCUT2D eigenvalue weighted by molar-refractivity contribution is -0.113. The van der Waals surface area contributed by atoms with Gasteiger partial charge in [-0.3, -0.25) is 9.59 Å². The zero-order valence-corrected chi connectivity index (χ0v) is 22.2. The second-order valence-electron chi connectivity index (χ2n) is 8.28. The molecule has 2 aromatic heterocycles. The number of carbonyl (C=O) groups is 2. The molecule has 2 N–H and O–H groups in total. The molecule has 2 heterocycles. The van der Waals surface area contributed by atoms with E-state index in [9.17, 15) is 9.59 Å². The van der Waals surface area contributed by atoms with E-state index in [1.54, 1.807) is 6.07 Å². The van der Waals surface area contributed by atoms with E-state index in [4.69, 9.17) is 0 Å². The second kappa shape index (κ2) is 11.5. The molecule has 0 fully saturated rings. The van der Waals surface area contributed by atoms with Crippen molar-refractivity contribution in [3.05, 3.63) is 76.4 Å². The number of aryl methyl sites for hydroxylation is 2. The number of carbonyl (C=O) groups excluding carboxylic acids is 2. The predicted octanol–water partition coefficient (Wildman–Crippen LogP) is 5.26. The smallest absolute Gasteiger partial charge is 0.251 e. The Bertz CT molecular complexity index is 1370. The monoisotopic (exact) mass is 520 g/mol. The predicted molar refractivity (Wildman–Crippen MR) is 144 cm³/mol. The van der Waals surface area contributed by atoms with Crippen molar-refractivity contribution in [2.24, 2.45) is 0 Å². The maximum absolute atomic E-state index is 12.7. The van der Waals surface area contributed by atoms with Crippen LogP contribution in [-0.2, 0) is 11.3 Å². The number of thioether (sulfide) groups is 1. The van der Waals surface area contributed by atoms with Crippen molar-refractivity contribution in [1.82, 2.24) is 25.1 Å². The van der Waals surface area contributed by atoms with Crippen LogP contribution in [0.15, 0.2) is 59.8 Å². The molecular formula is C26H28N6O2S2. The van der Waals surface area contributed by atoms with Crippen LogP contribution in [0.5, 0.6) is 0 Å². The Hall–Kier alpha value is -3.50. The van der Waals surface area contributed by atoms with Crippen molar-refractivity contribution in [3.63, 3.8) is 0 Å². The van der Waals surface area contributed by atoms with Gasteiger partial charge >= 0.3 is 0 Å². The molecule has 4 rings (SSSR count). The largest absolute Gasteiger partial charge is 0.342 e. The van der Waals surface area contributed by atoms with E-state index in [0.717, 1.165) is 21.7 Å². The van der Waals surface area contributed by atoms with Crippen LogP contribution in [0.25, 0.3) is 11.3 Å². The van der Waals surface area contributed by atoms with Crippen LogP contribution in [0.2, 0.25) is 0 Å². The molecule has 1 unspecified atom stereocenters. The van der Waals surface area contributed by atoms with E-state index >= 15 is 0 Å². The number of anilines is 1. The summed E-state index contributed by atoms with van der Waals surface area (Å²) in [6.45, 7) is 8.42. The lowest BCUT2D eigenvalue weighted by Gasteiger charge is -2.15. The third-order valence-electron chi connectivity index (χ3n) is 5.50. The van der Waals surface area contributed by atoms with E-state index in [-0.39, 0.29) is 23.6 Å². The average Bonchev–Trinajstić information content (AvgIpc) is 3.45. The number of amides is 2. The molecule has 0 saturated carbocycles. The highest BCUT2D eigenvalue weighted by Crippen LogP contribution is 2.30. The van der Waals surface area contributed by atoms with E-state index in [0.29, 0.717) is 28.2 Å². The molecule has 186 valence electrons. The third kappa shape index (κ3) is 6.00. The summed E-state index contributed by atoms with van der Waals surface area (Å²) in [4.78, 5) is 30.9. The maximum atomic E-state index is 12.7. The van der Waals surface area contributed by atoms with Gasteiger partial charge in [-0.15, -0.1) is 21.5 Å². The van der Waals surface area contributed by atoms with Gasteiger partial charge in [0, 0.05) is 22.5 Å². The number of hydrogen-bond donors (Lipinski definition) is 2. The van der Waals surface area contributed by atoms with Crippen molar-refractivity contribution in [2.45, 2.75) is 45.4 Å². The Morgan fingerprint density at radius 2 is 1.86 bits per heavy atom. The van der Waals surface area contributed by atoms with Gasteiger partial charge < -0.3 is 15.2 Å². The topological polar surface area (TPSA) is 102 Å². The fraction of sp³-hybridized carbons (Fsp3) is 0.269. The number of rotatable bonds is 9. The summed E-state index contributed by atoms with van der Waals surface area (Å²) in [6, 6.07) is 17.0. The number of aromatic nitrogens is 4. The van der Waals surface area contributed by atoms with Crippen LogP contribution in [0.3, 0.4) is 0 Å². The first-order chi connectivity index (χ1) is 17.4. The molecule has 1 atom stereocenters. The van der Waals surface area contributed by atoms with Gasteiger partial charge in [0.1, 0.15) is 0 Å². The summed E-state index contributed by atoms with van der Waals surface area (Å²) in [5.41, 5.74) is 3.52. The van der Waals surface area contributed by atoms with Crippen LogP contribution in [-0.4, -0.2) is 37.3 Å². The van der Waals surface area contributed by atoms with Crippen LogP contribution < -0.4 is 10.6 Å². The van der Waals surface area contributed by atoms with Gasteiger partial charge in [0.25, 0.3) is 5.91 Å². The standard InChI is InChI=1S/C26H28N6O2S2/c1-5-32-23(17(3)27-24(34)20-13-9-10-16(2)14-20)30-31-26(32)35-15-21(33)28-25-29-22(18(4)36-25)19-11-7-6-8-12-19/h6-14,17H,5,15H2,1-4H3,(H,27,34)(H,28,29,33). The molecule has 0 aliphatic heterocycles. The Morgan fingerprint density at radius 3 is 2.58 bits per heavy atom. The molecular weight excluding hydrogens is 492 g/mol. The van der Waals surface area contributed by atoms with Crippen molar-refractivity contribution < 1.29 is 9.59 Å². The molecule has 4 aromatic rings. The Balaban J connectivity index is 1.37. The lowest BCUT2D eigenvalue weighted by atomic mass is 10.1. The van der Waals surface area contributed by atoms with Gasteiger partial charge in [-0.05, 0) is 39.8 Å². The quantitative estimate of drug-likeness (QED) is 0.292. The lowest BCUT2D eigenvalue weighted by Crippen LogP contribution is -2.28. The Morgan fingerprint density at radius 1 is 1.08 bits per heavy atom. The van der Waals surface area contributed by atoms with E-state index in [2.05, 4.69) is 25.8 Å². The molecule has 36 heavy (non-hydrogen) atoms. The normalized spacial score (nSPS) is 11.8. The SMILES string of the molecule is CCn1c(SCC(=O)Nc2nc(-c3ccccc3)c(C)s2)nnc1C(C)NC(=O)c1cccc(C)c1. The summed E-state index contributed by atoms with van der Waals surface area (Å²) >= 11 is 2.76. The van der Waals surface area contributed by atoms with Gasteiger partial charge in [0.2, 0.25) is 5.91 Å². The van der Waals surface area contributed by atoms with E-state index in [1.807, 2.05) is 80.8 Å². The molecule has 10 heteroatoms. The number of hydrogen-bond acceptors (Lipinski definition) is 7. The van der Waals surface area contributed by atoms with Gasteiger partial charge in [0.05, 0.1) is 17.5 Å². The number of thiazole rings is 1. The Labute approximate surface area is 218 Å². The molecule has 2 aromatic carbocycles. The van der Waals surface area contributed by atoms with Crippen molar-refractivity contribution in [1.29, 1.82) is 0 Å². The highest BCUT2D eigenvalue weighted by molar-refractivity contribution is 7.99. The van der Waals surface area contributed by atoms with Crippen LogP contribution in [0.4, 0.5) is 5.13 Å². The molecule has 8 nitrogen and oxygen atoms in total. The summed E-state index contributed by atoms with van der Waals surface area (Å²) in [7, 11) is 0. The zero-order chi connectivity index (χ0) is 25.7. The minimum absolute atomic E-state index is 0.165. The molecule has 0 radical (unpaired) electrons. The average molecular weight is 521 g/mol. The molecule has 0 spiro atoms. The van der Waals surface area contributed by atoms with Gasteiger partial charge in [0.15, 0.2) is 16.1 Å². The minimum Gasteiger partial charge on any atom is -0.342 e. The van der Waals surface area contributed by atoms with Gasteiger partial charge in [-0.1, -0.05) is 59.8 Å². The molecule has 2 amide bonds. The maximum Gasteiger partial charge on any atom is 0.251 e. The third-order valence-corrected chi connectivity index (χ3v) is 7.35. The molecule has 0 bridgehead atoms. The van der Waals surface area contributed by atoms with Gasteiger partial charge in [-0.25, -0.2) is 4.98 Å². The molecule has 0 aliphatic rings. The van der Waals surface area contributed by atoms with Crippen molar-refractivity contribution >= 4 is 40.0 Å². The van der Waals surface area contributed by atoms with Crippen molar-refractivity contribution in [3.8, 4) is 11.3 Å². The fourth-order valence-corrected chi connectivity index (χ4v) is 5.42. The van der Waals surface area contributed by atoms with Crippen LogP contribution in [0.1, 0.15) is 46.5 Å². The van der Waals surface area contributed by atoms with Gasteiger partial charge in [-0.2, -0.15) is 0 Å². The summed E-state index contributed by atoms with van der Waals surface area (Å²) < 4.78 is 1.92. The number of nitrogens with zero attached hydrogens (tertiary/aromatic N) is 4. The first-order valence-corrected chi connectivity index (χ1v) is 13.4. The first kappa shape index (κ1) is 25.6. The van der Waals surface area contributed by atoms with Crippen LogP contribution in [0, 0.1) is 13.8 Å². The summed E-state index contributed by atoms with van der Waals surface area (Å²) in [6.07, 6.45) is 0. The fourth-order valence-electron chi connectivity index (χ4n) is 3.75. The number of benzene rings is 2. The summed E-state index contributed by atoms with van der Waals surface area (Å²) in [5.74, 6) is 0.478. The van der Waals surface area contributed by atoms with Crippen molar-refractivity contribution in [2.75, 3.05) is 11.1 Å². The van der Waals surface area contributed by atoms with E-state index < -0.39 is 0 Å². The number of nitrogens with one attached hydrogen (secondary N) is 2. The Kier molecular flexibility index (Phi) is 8.17.